The van der Waals surface area contributed by atoms with Gasteiger partial charge in [-0.3, -0.25) is 0 Å². The molecular weight excluding hydrogens is 313 g/mol. The second-order valence-electron chi connectivity index (χ2n) is 4.36. The fourth-order valence-electron chi connectivity index (χ4n) is 1.49. The quantitative estimate of drug-likeness (QED) is 0.733. The van der Waals surface area contributed by atoms with Crippen LogP contribution in [0.25, 0.3) is 0 Å². The monoisotopic (exact) mass is 323 g/mol. The van der Waals surface area contributed by atoms with Crippen LogP contribution in [0.2, 0.25) is 10.0 Å². The molecule has 1 aliphatic heterocycles. The van der Waals surface area contributed by atoms with Gasteiger partial charge in [0.25, 0.3) is 0 Å². The molecule has 0 N–H and O–H groups in total. The van der Waals surface area contributed by atoms with Crippen LogP contribution in [0.3, 0.4) is 0 Å². The second-order valence-corrected chi connectivity index (χ2v) is 6.52. The van der Waals surface area contributed by atoms with E-state index in [4.69, 9.17) is 39.6 Å². The molecule has 1 aliphatic rings. The topological polar surface area (TPSA) is 21.6 Å². The molecule has 0 amide bonds. The van der Waals surface area contributed by atoms with Crippen molar-refractivity contribution in [3.8, 4) is 0 Å². The maximum Gasteiger partial charge on any atom is 0.154 e. The van der Waals surface area contributed by atoms with Crippen LogP contribution in [0.15, 0.2) is 23.4 Å². The van der Waals surface area contributed by atoms with Gasteiger partial charge in [-0.05, 0) is 24.6 Å². The van der Waals surface area contributed by atoms with E-state index >= 15 is 0 Å². The van der Waals surface area contributed by atoms with E-state index in [1.165, 1.54) is 0 Å². The van der Waals surface area contributed by atoms with Gasteiger partial charge >= 0.3 is 0 Å². The zero-order valence-corrected chi connectivity index (χ0v) is 12.8. The molecule has 1 unspecified atom stereocenters. The summed E-state index contributed by atoms with van der Waals surface area (Å²) in [6.07, 6.45) is 0.742. The second kappa shape index (κ2) is 5.91. The molecule has 1 heterocycles. The lowest BCUT2D eigenvalue weighted by Gasteiger charge is -2.16. The Morgan fingerprint density at radius 2 is 2.22 bits per heavy atom. The van der Waals surface area contributed by atoms with Gasteiger partial charge < -0.3 is 4.84 Å². The molecule has 0 aliphatic carbocycles. The molecule has 2 rings (SSSR count). The summed E-state index contributed by atoms with van der Waals surface area (Å²) in [5, 5.41) is 6.32. The van der Waals surface area contributed by atoms with Gasteiger partial charge in [0, 0.05) is 22.2 Å². The van der Waals surface area contributed by atoms with Crippen LogP contribution in [-0.2, 0) is 10.6 Å². The Kier molecular flexibility index (Phi) is 4.70. The number of nitrogens with zero attached hydrogens (tertiary/aromatic N) is 1. The SMILES string of the molecule is CC1(CCl)CC(SCc2ccc(Cl)cc2Cl)=NO1. The Morgan fingerprint density at radius 3 is 2.83 bits per heavy atom. The predicted molar refractivity (Wildman–Crippen MR) is 80.0 cm³/mol. The van der Waals surface area contributed by atoms with E-state index in [1.807, 2.05) is 19.1 Å². The van der Waals surface area contributed by atoms with Gasteiger partial charge in [-0.15, -0.1) is 23.4 Å². The molecule has 0 radical (unpaired) electrons. The van der Waals surface area contributed by atoms with Crippen molar-refractivity contribution in [2.45, 2.75) is 24.7 Å². The van der Waals surface area contributed by atoms with Crippen molar-refractivity contribution in [1.82, 2.24) is 0 Å². The molecular formula is C12H12Cl3NOS. The summed E-state index contributed by atoms with van der Waals surface area (Å²) < 4.78 is 0. The number of hydrogen-bond acceptors (Lipinski definition) is 3. The molecule has 18 heavy (non-hydrogen) atoms. The largest absolute Gasteiger partial charge is 0.387 e. The Balaban J connectivity index is 1.93. The smallest absolute Gasteiger partial charge is 0.154 e. The van der Waals surface area contributed by atoms with Crippen molar-refractivity contribution in [3.05, 3.63) is 33.8 Å². The minimum absolute atomic E-state index is 0.367. The van der Waals surface area contributed by atoms with Crippen molar-refractivity contribution in [3.63, 3.8) is 0 Å². The van der Waals surface area contributed by atoms with E-state index in [0.717, 1.165) is 22.8 Å². The molecule has 98 valence electrons. The summed E-state index contributed by atoms with van der Waals surface area (Å²) in [7, 11) is 0. The Morgan fingerprint density at radius 1 is 1.44 bits per heavy atom. The number of oxime groups is 1. The highest BCUT2D eigenvalue weighted by molar-refractivity contribution is 8.13. The van der Waals surface area contributed by atoms with Crippen LogP contribution in [0, 0.1) is 0 Å². The average Bonchev–Trinajstić information content (AvgIpc) is 2.71. The van der Waals surface area contributed by atoms with Gasteiger partial charge in [-0.25, -0.2) is 0 Å². The van der Waals surface area contributed by atoms with E-state index < -0.39 is 0 Å². The van der Waals surface area contributed by atoms with E-state index in [2.05, 4.69) is 5.16 Å². The number of rotatable bonds is 3. The minimum atomic E-state index is -0.367. The van der Waals surface area contributed by atoms with Gasteiger partial charge in [-0.2, -0.15) is 0 Å². The Labute approximate surface area is 126 Å². The van der Waals surface area contributed by atoms with Crippen LogP contribution >= 0.6 is 46.6 Å². The zero-order chi connectivity index (χ0) is 13.2. The number of alkyl halides is 1. The van der Waals surface area contributed by atoms with Crippen LogP contribution in [0.4, 0.5) is 0 Å². The molecule has 0 aromatic heterocycles. The molecule has 1 aromatic carbocycles. The summed E-state index contributed by atoms with van der Waals surface area (Å²) in [6, 6.07) is 5.50. The van der Waals surface area contributed by atoms with Crippen molar-refractivity contribution in [2.24, 2.45) is 5.16 Å². The molecule has 0 spiro atoms. The van der Waals surface area contributed by atoms with Gasteiger partial charge in [0.2, 0.25) is 0 Å². The van der Waals surface area contributed by atoms with E-state index in [9.17, 15) is 0 Å². The lowest BCUT2D eigenvalue weighted by atomic mass is 10.1. The highest BCUT2D eigenvalue weighted by atomic mass is 35.5. The first-order valence-corrected chi connectivity index (χ1v) is 7.68. The molecule has 1 atom stereocenters. The molecule has 2 nitrogen and oxygen atoms in total. The zero-order valence-electron chi connectivity index (χ0n) is 9.75. The molecule has 0 bridgehead atoms. The van der Waals surface area contributed by atoms with Crippen molar-refractivity contribution in [1.29, 1.82) is 0 Å². The Hall–Kier alpha value is -0.0900. The van der Waals surface area contributed by atoms with Crippen molar-refractivity contribution >= 4 is 51.6 Å². The normalized spacial score (nSPS) is 22.8. The number of benzene rings is 1. The summed E-state index contributed by atoms with van der Waals surface area (Å²) in [5.74, 6) is 1.18. The molecule has 0 saturated carbocycles. The van der Waals surface area contributed by atoms with E-state index in [-0.39, 0.29) is 5.60 Å². The third-order valence-electron chi connectivity index (χ3n) is 2.59. The lowest BCUT2D eigenvalue weighted by molar-refractivity contribution is 0.0152. The molecule has 6 heteroatoms. The van der Waals surface area contributed by atoms with E-state index in [1.54, 1.807) is 17.8 Å². The maximum absolute atomic E-state index is 6.11. The third-order valence-corrected chi connectivity index (χ3v) is 4.74. The highest BCUT2D eigenvalue weighted by Crippen LogP contribution is 2.32. The van der Waals surface area contributed by atoms with E-state index in [0.29, 0.717) is 15.9 Å². The summed E-state index contributed by atoms with van der Waals surface area (Å²) in [6.45, 7) is 1.95. The number of halogens is 3. The first kappa shape index (κ1) is 14.3. The molecule has 0 fully saturated rings. The lowest BCUT2D eigenvalue weighted by Crippen LogP contribution is -2.26. The van der Waals surface area contributed by atoms with Crippen LogP contribution in [0.5, 0.6) is 0 Å². The van der Waals surface area contributed by atoms with Crippen molar-refractivity contribution in [2.75, 3.05) is 5.88 Å². The van der Waals surface area contributed by atoms with Crippen LogP contribution in [-0.4, -0.2) is 16.5 Å². The fraction of sp³-hybridized carbons (Fsp3) is 0.417. The molecule has 0 saturated heterocycles. The number of thioether (sulfide) groups is 1. The first-order valence-electron chi connectivity index (χ1n) is 5.40. The van der Waals surface area contributed by atoms with Crippen LogP contribution in [0.1, 0.15) is 18.9 Å². The summed E-state index contributed by atoms with van der Waals surface area (Å²) >= 11 is 19.4. The minimum Gasteiger partial charge on any atom is -0.387 e. The molecule has 1 aromatic rings. The standard InChI is InChI=1S/C12H12Cl3NOS/c1-12(7-13)5-11(16-17-12)18-6-8-2-3-9(14)4-10(8)15/h2-4H,5-7H2,1H3. The first-order chi connectivity index (χ1) is 8.52. The average molecular weight is 325 g/mol. The van der Waals surface area contributed by atoms with Crippen molar-refractivity contribution < 1.29 is 4.84 Å². The van der Waals surface area contributed by atoms with Crippen LogP contribution < -0.4 is 0 Å². The number of hydrogen-bond donors (Lipinski definition) is 0. The Bertz CT molecular complexity index is 480. The van der Waals surface area contributed by atoms with Gasteiger partial charge in [0.1, 0.15) is 5.04 Å². The predicted octanol–water partition coefficient (Wildman–Crippen LogP) is 4.96. The van der Waals surface area contributed by atoms with Gasteiger partial charge in [-0.1, -0.05) is 34.4 Å². The maximum atomic E-state index is 6.11. The fourth-order valence-corrected chi connectivity index (χ4v) is 3.26. The summed E-state index contributed by atoms with van der Waals surface area (Å²) in [4.78, 5) is 5.32. The van der Waals surface area contributed by atoms with Gasteiger partial charge in [0.05, 0.1) is 5.88 Å². The third kappa shape index (κ3) is 3.47. The van der Waals surface area contributed by atoms with Gasteiger partial charge in [0.15, 0.2) is 5.60 Å². The summed E-state index contributed by atoms with van der Waals surface area (Å²) in [5.41, 5.74) is 0.668. The highest BCUT2D eigenvalue weighted by Gasteiger charge is 2.33.